The lowest BCUT2D eigenvalue weighted by atomic mass is 10.0. The zero-order chi connectivity index (χ0) is 13.1. The summed E-state index contributed by atoms with van der Waals surface area (Å²) >= 11 is 0. The first-order valence-corrected chi connectivity index (χ1v) is 6.94. The molecule has 1 aromatic heterocycles. The average molecular weight is 260 g/mol. The topological polar surface area (TPSA) is 48.5 Å². The smallest absolute Gasteiger partial charge is 0.228 e. The second kappa shape index (κ2) is 5.67. The summed E-state index contributed by atoms with van der Waals surface area (Å²) in [5, 5.41) is 3.16. The van der Waals surface area contributed by atoms with Gasteiger partial charge >= 0.3 is 0 Å². The van der Waals surface area contributed by atoms with Crippen molar-refractivity contribution in [3.63, 3.8) is 0 Å². The van der Waals surface area contributed by atoms with Crippen molar-refractivity contribution in [1.29, 1.82) is 0 Å². The summed E-state index contributed by atoms with van der Waals surface area (Å²) in [5.41, 5.74) is 1.24. The van der Waals surface area contributed by atoms with E-state index >= 15 is 0 Å². The molecule has 0 aliphatic carbocycles. The highest BCUT2D eigenvalue weighted by Gasteiger charge is 2.30. The summed E-state index contributed by atoms with van der Waals surface area (Å²) < 4.78 is 0. The van der Waals surface area contributed by atoms with Gasteiger partial charge in [0.25, 0.3) is 0 Å². The molecule has 1 N–H and O–H groups in total. The van der Waals surface area contributed by atoms with Crippen molar-refractivity contribution < 1.29 is 4.79 Å². The van der Waals surface area contributed by atoms with E-state index in [1.807, 2.05) is 17.2 Å². The Balaban J connectivity index is 1.48. The Morgan fingerprint density at radius 3 is 2.68 bits per heavy atom. The molecule has 2 saturated heterocycles. The maximum Gasteiger partial charge on any atom is 0.228 e. The molecule has 19 heavy (non-hydrogen) atoms. The molecule has 1 aromatic rings. The van der Waals surface area contributed by atoms with Gasteiger partial charge in [0.2, 0.25) is 5.91 Å². The van der Waals surface area contributed by atoms with E-state index in [0.29, 0.717) is 5.91 Å². The Morgan fingerprint density at radius 2 is 2.11 bits per heavy atom. The van der Waals surface area contributed by atoms with Crippen LogP contribution in [0.1, 0.15) is 5.56 Å². The maximum absolute atomic E-state index is 12.1. The molecule has 3 rings (SSSR count). The van der Waals surface area contributed by atoms with Crippen molar-refractivity contribution in [1.82, 2.24) is 20.1 Å². The lowest BCUT2D eigenvalue weighted by molar-refractivity contribution is -0.138. The third-order valence-electron chi connectivity index (χ3n) is 3.94. The predicted molar refractivity (Wildman–Crippen MR) is 72.5 cm³/mol. The van der Waals surface area contributed by atoms with Gasteiger partial charge in [0.15, 0.2) is 0 Å². The van der Waals surface area contributed by atoms with Crippen LogP contribution in [0.3, 0.4) is 0 Å². The number of nitrogens with zero attached hydrogens (tertiary/aromatic N) is 3. The van der Waals surface area contributed by atoms with Crippen LogP contribution >= 0.6 is 0 Å². The monoisotopic (exact) mass is 260 g/mol. The molecule has 0 radical (unpaired) electrons. The Hall–Kier alpha value is -1.46. The molecular weight excluding hydrogens is 240 g/mol. The van der Waals surface area contributed by atoms with Crippen LogP contribution in [0.25, 0.3) is 0 Å². The van der Waals surface area contributed by atoms with Gasteiger partial charge in [-0.25, -0.2) is 0 Å². The van der Waals surface area contributed by atoms with Gasteiger partial charge in [0, 0.05) is 58.2 Å². The zero-order valence-corrected chi connectivity index (χ0v) is 11.1. The lowest BCUT2D eigenvalue weighted by Gasteiger charge is -2.38. The standard InChI is InChI=1S/C14H20N4O/c19-14(13-9-16-10-13)18-6-4-17(5-7-18)11-12-2-1-3-15-8-12/h1-3,8,13,16H,4-7,9-11H2. The molecule has 2 fully saturated rings. The van der Waals surface area contributed by atoms with Crippen LogP contribution in [0.4, 0.5) is 0 Å². The largest absolute Gasteiger partial charge is 0.340 e. The van der Waals surface area contributed by atoms with Crippen LogP contribution in [-0.4, -0.2) is 60.0 Å². The molecule has 0 bridgehead atoms. The fourth-order valence-electron chi connectivity index (χ4n) is 2.60. The molecule has 0 unspecified atom stereocenters. The predicted octanol–water partition coefficient (Wildman–Crippen LogP) is -0.0548. The van der Waals surface area contributed by atoms with Crippen molar-refractivity contribution in [2.75, 3.05) is 39.3 Å². The molecule has 0 saturated carbocycles. The number of pyridine rings is 1. The van der Waals surface area contributed by atoms with Crippen LogP contribution in [0.5, 0.6) is 0 Å². The Labute approximate surface area is 113 Å². The first kappa shape index (κ1) is 12.6. The van der Waals surface area contributed by atoms with Gasteiger partial charge in [-0.2, -0.15) is 0 Å². The van der Waals surface area contributed by atoms with Crippen LogP contribution < -0.4 is 5.32 Å². The summed E-state index contributed by atoms with van der Waals surface area (Å²) in [7, 11) is 0. The number of amides is 1. The van der Waals surface area contributed by atoms with E-state index in [0.717, 1.165) is 45.8 Å². The fraction of sp³-hybridized carbons (Fsp3) is 0.571. The first-order valence-electron chi connectivity index (χ1n) is 6.94. The normalized spacial score (nSPS) is 21.2. The number of carbonyl (C=O) groups is 1. The third-order valence-corrected chi connectivity index (χ3v) is 3.94. The second-order valence-electron chi connectivity index (χ2n) is 5.32. The van der Waals surface area contributed by atoms with Gasteiger partial charge in [0.1, 0.15) is 0 Å². The minimum Gasteiger partial charge on any atom is -0.340 e. The zero-order valence-electron chi connectivity index (χ0n) is 11.1. The van der Waals surface area contributed by atoms with Crippen molar-refractivity contribution in [3.8, 4) is 0 Å². The second-order valence-corrected chi connectivity index (χ2v) is 5.32. The van der Waals surface area contributed by atoms with Crippen molar-refractivity contribution in [2.24, 2.45) is 5.92 Å². The Kier molecular flexibility index (Phi) is 3.75. The molecule has 1 amide bonds. The molecule has 0 spiro atoms. The summed E-state index contributed by atoms with van der Waals surface area (Å²) in [4.78, 5) is 20.6. The molecule has 5 heteroatoms. The van der Waals surface area contributed by atoms with E-state index in [1.165, 1.54) is 5.56 Å². The molecule has 2 aliphatic heterocycles. The van der Waals surface area contributed by atoms with E-state index in [2.05, 4.69) is 21.3 Å². The fourth-order valence-corrected chi connectivity index (χ4v) is 2.60. The highest BCUT2D eigenvalue weighted by atomic mass is 16.2. The maximum atomic E-state index is 12.1. The molecule has 0 aromatic carbocycles. The Bertz CT molecular complexity index is 424. The highest BCUT2D eigenvalue weighted by Crippen LogP contribution is 2.12. The van der Waals surface area contributed by atoms with Crippen LogP contribution in [0.15, 0.2) is 24.5 Å². The van der Waals surface area contributed by atoms with Crippen LogP contribution in [-0.2, 0) is 11.3 Å². The van der Waals surface area contributed by atoms with E-state index in [4.69, 9.17) is 0 Å². The van der Waals surface area contributed by atoms with Crippen molar-refractivity contribution in [3.05, 3.63) is 30.1 Å². The lowest BCUT2D eigenvalue weighted by Crippen LogP contribution is -2.56. The molecule has 2 aliphatic rings. The van der Waals surface area contributed by atoms with E-state index in [9.17, 15) is 4.79 Å². The first-order chi connectivity index (χ1) is 9.33. The van der Waals surface area contributed by atoms with Gasteiger partial charge < -0.3 is 10.2 Å². The number of rotatable bonds is 3. The van der Waals surface area contributed by atoms with Gasteiger partial charge in [-0.05, 0) is 11.6 Å². The van der Waals surface area contributed by atoms with Gasteiger partial charge in [0.05, 0.1) is 5.92 Å². The van der Waals surface area contributed by atoms with Crippen LogP contribution in [0.2, 0.25) is 0 Å². The van der Waals surface area contributed by atoms with Gasteiger partial charge in [-0.1, -0.05) is 6.07 Å². The minimum absolute atomic E-state index is 0.227. The minimum atomic E-state index is 0.227. The van der Waals surface area contributed by atoms with Crippen LogP contribution in [0, 0.1) is 5.92 Å². The molecule has 3 heterocycles. The molecule has 0 atom stereocenters. The van der Waals surface area contributed by atoms with E-state index < -0.39 is 0 Å². The van der Waals surface area contributed by atoms with Crippen molar-refractivity contribution >= 4 is 5.91 Å². The number of hydrogen-bond acceptors (Lipinski definition) is 4. The number of piperazine rings is 1. The van der Waals surface area contributed by atoms with Crippen molar-refractivity contribution in [2.45, 2.75) is 6.54 Å². The SMILES string of the molecule is O=C(C1CNC1)N1CCN(Cc2cccnc2)CC1. The summed E-state index contributed by atoms with van der Waals surface area (Å²) in [6.07, 6.45) is 3.71. The summed E-state index contributed by atoms with van der Waals surface area (Å²) in [6, 6.07) is 4.07. The van der Waals surface area contributed by atoms with E-state index in [1.54, 1.807) is 6.20 Å². The number of hydrogen-bond donors (Lipinski definition) is 1. The average Bonchev–Trinajstić information content (AvgIpc) is 2.39. The quantitative estimate of drug-likeness (QED) is 0.827. The van der Waals surface area contributed by atoms with E-state index in [-0.39, 0.29) is 5.92 Å². The molecular formula is C14H20N4O. The molecule has 5 nitrogen and oxygen atoms in total. The number of nitrogens with one attached hydrogen (secondary N) is 1. The number of aromatic nitrogens is 1. The Morgan fingerprint density at radius 1 is 1.32 bits per heavy atom. The highest BCUT2D eigenvalue weighted by molar-refractivity contribution is 5.80. The van der Waals surface area contributed by atoms with Gasteiger partial charge in [-0.15, -0.1) is 0 Å². The third kappa shape index (κ3) is 2.93. The summed E-state index contributed by atoms with van der Waals surface area (Å²) in [6.45, 7) is 6.27. The van der Waals surface area contributed by atoms with Gasteiger partial charge in [-0.3, -0.25) is 14.7 Å². The number of carbonyl (C=O) groups excluding carboxylic acids is 1. The summed E-state index contributed by atoms with van der Waals surface area (Å²) in [5.74, 6) is 0.560. The molecule has 102 valence electrons.